The Morgan fingerprint density at radius 2 is 1.93 bits per heavy atom. The van der Waals surface area contributed by atoms with Gasteiger partial charge in [0.05, 0.1) is 17.1 Å². The number of rotatable bonds is 0. The maximum absolute atomic E-state index is 12.5. The number of H-pyrrole nitrogens is 1. The van der Waals surface area contributed by atoms with Crippen LogP contribution in [-0.4, -0.2) is 10.2 Å². The summed E-state index contributed by atoms with van der Waals surface area (Å²) in [4.78, 5) is 11.2. The fraction of sp³-hybridized carbons (Fsp3) is 0.111. The molecule has 0 aliphatic carbocycles. The summed E-state index contributed by atoms with van der Waals surface area (Å²) in [7, 11) is 0. The van der Waals surface area contributed by atoms with E-state index in [1.165, 1.54) is 12.1 Å². The molecule has 0 aliphatic heterocycles. The van der Waals surface area contributed by atoms with Gasteiger partial charge >= 0.3 is 6.18 Å². The quantitative estimate of drug-likeness (QED) is 0.728. The van der Waals surface area contributed by atoms with E-state index >= 15 is 0 Å². The minimum absolute atomic E-state index is 0.0141. The van der Waals surface area contributed by atoms with Crippen molar-refractivity contribution in [1.29, 1.82) is 0 Å². The molecule has 0 spiro atoms. The third-order valence-corrected chi connectivity index (χ3v) is 2.02. The average Bonchev–Trinajstić information content (AvgIpc) is 2.16. The summed E-state index contributed by atoms with van der Waals surface area (Å²) in [6.07, 6.45) is -3.48. The van der Waals surface area contributed by atoms with Crippen LogP contribution in [0.15, 0.2) is 29.2 Å². The Bertz CT molecular complexity index is 559. The van der Waals surface area contributed by atoms with Gasteiger partial charge in [0.25, 0.3) is 5.56 Å². The zero-order valence-corrected chi connectivity index (χ0v) is 7.30. The van der Waals surface area contributed by atoms with Gasteiger partial charge in [-0.25, -0.2) is 5.10 Å². The third kappa shape index (κ3) is 1.58. The van der Waals surface area contributed by atoms with Gasteiger partial charge < -0.3 is 0 Å². The second-order valence-electron chi connectivity index (χ2n) is 2.96. The molecule has 0 aliphatic rings. The predicted molar refractivity (Wildman–Crippen MR) is 47.4 cm³/mol. The van der Waals surface area contributed by atoms with E-state index in [2.05, 4.69) is 10.2 Å². The van der Waals surface area contributed by atoms with Crippen LogP contribution < -0.4 is 5.56 Å². The fourth-order valence-electron chi connectivity index (χ4n) is 1.37. The summed E-state index contributed by atoms with van der Waals surface area (Å²) < 4.78 is 37.5. The number of alkyl halides is 3. The lowest BCUT2D eigenvalue weighted by Gasteiger charge is -2.08. The van der Waals surface area contributed by atoms with Gasteiger partial charge in [-0.05, 0) is 12.1 Å². The Labute approximate surface area is 81.5 Å². The second-order valence-corrected chi connectivity index (χ2v) is 2.96. The van der Waals surface area contributed by atoms with Gasteiger partial charge in [0.1, 0.15) is 0 Å². The van der Waals surface area contributed by atoms with Crippen molar-refractivity contribution in [2.24, 2.45) is 0 Å². The minimum Gasteiger partial charge on any atom is -0.267 e. The molecular weight excluding hydrogens is 209 g/mol. The number of halogens is 3. The van der Waals surface area contributed by atoms with Crippen molar-refractivity contribution in [2.75, 3.05) is 0 Å². The smallest absolute Gasteiger partial charge is 0.267 e. The molecule has 1 heterocycles. The lowest BCUT2D eigenvalue weighted by Crippen LogP contribution is -2.12. The zero-order chi connectivity index (χ0) is 11.1. The highest BCUT2D eigenvalue weighted by Crippen LogP contribution is 2.33. The number of nitrogens with zero attached hydrogens (tertiary/aromatic N) is 1. The second kappa shape index (κ2) is 3.08. The highest BCUT2D eigenvalue weighted by atomic mass is 19.4. The topological polar surface area (TPSA) is 45.8 Å². The lowest BCUT2D eigenvalue weighted by molar-refractivity contribution is -0.136. The van der Waals surface area contributed by atoms with Crippen LogP contribution >= 0.6 is 0 Å². The molecule has 0 fully saturated rings. The standard InChI is InChI=1S/C9H5F3N2O/c10-9(11,12)7-3-1-2-5-6(7)4-13-14-8(5)15/h1-4H,(H,14,15). The molecular formula is C9H5F3N2O. The molecule has 15 heavy (non-hydrogen) atoms. The van der Waals surface area contributed by atoms with Crippen LogP contribution in [0.2, 0.25) is 0 Å². The number of aromatic nitrogens is 2. The van der Waals surface area contributed by atoms with Crippen molar-refractivity contribution in [3.05, 3.63) is 40.3 Å². The highest BCUT2D eigenvalue weighted by molar-refractivity contribution is 5.84. The molecule has 1 aromatic heterocycles. The molecule has 2 rings (SSSR count). The van der Waals surface area contributed by atoms with Crippen molar-refractivity contribution in [3.8, 4) is 0 Å². The van der Waals surface area contributed by atoms with Gasteiger partial charge in [-0.15, -0.1) is 0 Å². The first-order chi connectivity index (χ1) is 7.00. The van der Waals surface area contributed by atoms with Crippen LogP contribution in [0.5, 0.6) is 0 Å². The van der Waals surface area contributed by atoms with Gasteiger partial charge in [0.2, 0.25) is 0 Å². The van der Waals surface area contributed by atoms with E-state index in [-0.39, 0.29) is 10.8 Å². The van der Waals surface area contributed by atoms with Crippen molar-refractivity contribution in [2.45, 2.75) is 6.18 Å². The van der Waals surface area contributed by atoms with Crippen LogP contribution in [0.1, 0.15) is 5.56 Å². The van der Waals surface area contributed by atoms with E-state index in [1.54, 1.807) is 0 Å². The normalized spacial score (nSPS) is 11.9. The minimum atomic E-state index is -4.48. The zero-order valence-electron chi connectivity index (χ0n) is 7.30. The van der Waals surface area contributed by atoms with Gasteiger partial charge in [-0.3, -0.25) is 4.79 Å². The van der Waals surface area contributed by atoms with E-state index in [1.807, 2.05) is 0 Å². The highest BCUT2D eigenvalue weighted by Gasteiger charge is 2.32. The monoisotopic (exact) mass is 214 g/mol. The molecule has 0 amide bonds. The van der Waals surface area contributed by atoms with Crippen molar-refractivity contribution in [3.63, 3.8) is 0 Å². The molecule has 78 valence electrons. The average molecular weight is 214 g/mol. The molecule has 0 radical (unpaired) electrons. The summed E-state index contributed by atoms with van der Waals surface area (Å²) in [5.74, 6) is 0. The molecule has 0 bridgehead atoms. The fourth-order valence-corrected chi connectivity index (χ4v) is 1.37. The number of nitrogens with one attached hydrogen (secondary N) is 1. The summed E-state index contributed by atoms with van der Waals surface area (Å²) in [5, 5.41) is 5.23. The number of aromatic amines is 1. The van der Waals surface area contributed by atoms with Crippen LogP contribution in [0.3, 0.4) is 0 Å². The van der Waals surface area contributed by atoms with Gasteiger partial charge in [0, 0.05) is 5.39 Å². The molecule has 0 saturated heterocycles. The van der Waals surface area contributed by atoms with Crippen LogP contribution in [0.4, 0.5) is 13.2 Å². The van der Waals surface area contributed by atoms with E-state index in [9.17, 15) is 18.0 Å². The van der Waals surface area contributed by atoms with Gasteiger partial charge in [-0.2, -0.15) is 18.3 Å². The Morgan fingerprint density at radius 3 is 2.60 bits per heavy atom. The number of fused-ring (bicyclic) bond motifs is 1. The molecule has 0 saturated carbocycles. The maximum atomic E-state index is 12.5. The first-order valence-corrected chi connectivity index (χ1v) is 4.04. The predicted octanol–water partition coefficient (Wildman–Crippen LogP) is 1.94. The largest absolute Gasteiger partial charge is 0.417 e. The molecule has 6 heteroatoms. The summed E-state index contributed by atoms with van der Waals surface area (Å²) in [5.41, 5.74) is -1.47. The number of hydrogen-bond donors (Lipinski definition) is 1. The molecule has 1 N–H and O–H groups in total. The number of hydrogen-bond acceptors (Lipinski definition) is 2. The van der Waals surface area contributed by atoms with Gasteiger partial charge in [-0.1, -0.05) is 6.07 Å². The van der Waals surface area contributed by atoms with Crippen LogP contribution in [0, 0.1) is 0 Å². The lowest BCUT2D eigenvalue weighted by atomic mass is 10.1. The Morgan fingerprint density at radius 1 is 1.20 bits per heavy atom. The van der Waals surface area contributed by atoms with Crippen molar-refractivity contribution >= 4 is 10.8 Å². The first kappa shape index (κ1) is 9.70. The molecule has 1 aromatic carbocycles. The molecule has 0 atom stereocenters. The Kier molecular flexibility index (Phi) is 1.99. The summed E-state index contributed by atoms with van der Waals surface area (Å²) in [6, 6.07) is 3.44. The first-order valence-electron chi connectivity index (χ1n) is 4.04. The van der Waals surface area contributed by atoms with Crippen molar-refractivity contribution < 1.29 is 13.2 Å². The van der Waals surface area contributed by atoms with Gasteiger partial charge in [0.15, 0.2) is 0 Å². The third-order valence-electron chi connectivity index (χ3n) is 2.02. The van der Waals surface area contributed by atoms with E-state index in [4.69, 9.17) is 0 Å². The van der Waals surface area contributed by atoms with Crippen molar-refractivity contribution in [1.82, 2.24) is 10.2 Å². The molecule has 0 unspecified atom stereocenters. The summed E-state index contributed by atoms with van der Waals surface area (Å²) >= 11 is 0. The molecule has 3 nitrogen and oxygen atoms in total. The van der Waals surface area contributed by atoms with E-state index < -0.39 is 17.3 Å². The number of benzene rings is 1. The maximum Gasteiger partial charge on any atom is 0.417 e. The van der Waals surface area contributed by atoms with E-state index in [0.717, 1.165) is 12.3 Å². The Hall–Kier alpha value is -1.85. The van der Waals surface area contributed by atoms with Crippen LogP contribution in [0.25, 0.3) is 10.8 Å². The SMILES string of the molecule is O=c1[nH]ncc2c(C(F)(F)F)cccc12. The summed E-state index contributed by atoms with van der Waals surface area (Å²) in [6.45, 7) is 0. The van der Waals surface area contributed by atoms with Crippen LogP contribution in [-0.2, 0) is 6.18 Å². The Balaban J connectivity index is 2.89. The van der Waals surface area contributed by atoms with E-state index in [0.29, 0.717) is 0 Å². The molecule has 2 aromatic rings.